The highest BCUT2D eigenvalue weighted by Crippen LogP contribution is 2.06. The molecule has 0 heterocycles. The minimum absolute atomic E-state index is 0.0653. The third-order valence-corrected chi connectivity index (χ3v) is 1.71. The summed E-state index contributed by atoms with van der Waals surface area (Å²) in [4.78, 5) is 11.2. The molecule has 1 aromatic carbocycles. The first kappa shape index (κ1) is 9.26. The Balaban J connectivity index is 2.81. The van der Waals surface area contributed by atoms with Crippen LogP contribution in [0.15, 0.2) is 24.3 Å². The maximum Gasteiger partial charge on any atom is 0.163 e. The Hall–Kier alpha value is -0.830. The van der Waals surface area contributed by atoms with Gasteiger partial charge < -0.3 is 0 Å². The van der Waals surface area contributed by atoms with Crippen molar-refractivity contribution in [3.05, 3.63) is 35.6 Å². The van der Waals surface area contributed by atoms with E-state index in [1.807, 2.05) is 0 Å². The summed E-state index contributed by atoms with van der Waals surface area (Å²) in [6.45, 7) is 0. The van der Waals surface area contributed by atoms with E-state index in [9.17, 15) is 9.18 Å². The predicted molar refractivity (Wildman–Crippen MR) is 49.2 cm³/mol. The van der Waals surface area contributed by atoms with E-state index in [-0.39, 0.29) is 11.6 Å². The van der Waals surface area contributed by atoms with Gasteiger partial charge in [-0.05, 0) is 17.9 Å². The zero-order valence-corrected chi connectivity index (χ0v) is 7.35. The van der Waals surface area contributed by atoms with Crippen molar-refractivity contribution in [3.63, 3.8) is 0 Å². The van der Waals surface area contributed by atoms with E-state index in [2.05, 4.69) is 12.6 Å². The molecule has 1 aromatic rings. The fourth-order valence-electron chi connectivity index (χ4n) is 0.908. The molecule has 0 saturated carbocycles. The van der Waals surface area contributed by atoms with Gasteiger partial charge in [0.05, 0.1) is 0 Å². The van der Waals surface area contributed by atoms with Crippen molar-refractivity contribution in [2.24, 2.45) is 0 Å². The van der Waals surface area contributed by atoms with Gasteiger partial charge in [0.15, 0.2) is 5.78 Å². The Morgan fingerprint density at radius 1 is 1.50 bits per heavy atom. The van der Waals surface area contributed by atoms with Gasteiger partial charge in [-0.2, -0.15) is 12.6 Å². The van der Waals surface area contributed by atoms with Gasteiger partial charge in [0.25, 0.3) is 0 Å². The first-order chi connectivity index (χ1) is 5.74. The maximum absolute atomic E-state index is 12.6. The van der Waals surface area contributed by atoms with Crippen molar-refractivity contribution in [2.75, 3.05) is 5.75 Å². The highest BCUT2D eigenvalue weighted by atomic mass is 32.1. The summed E-state index contributed by atoms with van der Waals surface area (Å²) in [7, 11) is 0. The molecule has 0 aromatic heterocycles. The average Bonchev–Trinajstić information content (AvgIpc) is 2.05. The molecule has 1 nitrogen and oxygen atoms in total. The van der Waals surface area contributed by atoms with Crippen LogP contribution in [0.4, 0.5) is 4.39 Å². The Morgan fingerprint density at radius 2 is 2.25 bits per heavy atom. The van der Waals surface area contributed by atoms with Crippen LogP contribution in [-0.2, 0) is 0 Å². The molecular weight excluding hydrogens is 175 g/mol. The lowest BCUT2D eigenvalue weighted by Gasteiger charge is -1.97. The van der Waals surface area contributed by atoms with E-state index in [1.54, 1.807) is 6.07 Å². The second-order valence-corrected chi connectivity index (χ2v) is 2.85. The van der Waals surface area contributed by atoms with E-state index in [0.717, 1.165) is 0 Å². The van der Waals surface area contributed by atoms with Gasteiger partial charge in [0.1, 0.15) is 5.82 Å². The quantitative estimate of drug-likeness (QED) is 0.563. The van der Waals surface area contributed by atoms with Gasteiger partial charge in [-0.15, -0.1) is 0 Å². The highest BCUT2D eigenvalue weighted by molar-refractivity contribution is 7.80. The first-order valence-electron chi connectivity index (χ1n) is 3.63. The number of ketones is 1. The van der Waals surface area contributed by atoms with Gasteiger partial charge in [-0.25, -0.2) is 4.39 Å². The highest BCUT2D eigenvalue weighted by Gasteiger charge is 2.04. The number of hydrogen-bond donors (Lipinski definition) is 1. The van der Waals surface area contributed by atoms with Gasteiger partial charge in [0.2, 0.25) is 0 Å². The molecule has 0 radical (unpaired) electrons. The number of benzene rings is 1. The third-order valence-electron chi connectivity index (χ3n) is 1.49. The van der Waals surface area contributed by atoms with Crippen LogP contribution in [0.2, 0.25) is 0 Å². The summed E-state index contributed by atoms with van der Waals surface area (Å²) < 4.78 is 12.6. The standard InChI is InChI=1S/C9H9FOS/c10-8-3-1-2-7(6-8)9(11)4-5-12/h1-3,6,12H,4-5H2. The van der Waals surface area contributed by atoms with Crippen LogP contribution in [0.5, 0.6) is 0 Å². The molecule has 64 valence electrons. The third kappa shape index (κ3) is 2.34. The zero-order valence-electron chi connectivity index (χ0n) is 6.46. The zero-order chi connectivity index (χ0) is 8.97. The number of halogens is 1. The van der Waals surface area contributed by atoms with E-state index >= 15 is 0 Å². The molecule has 0 aliphatic heterocycles. The summed E-state index contributed by atoms with van der Waals surface area (Å²) in [5, 5.41) is 0. The fourth-order valence-corrected chi connectivity index (χ4v) is 1.11. The molecule has 1 rings (SSSR count). The molecule has 0 amide bonds. The van der Waals surface area contributed by atoms with Crippen LogP contribution in [0.25, 0.3) is 0 Å². The first-order valence-corrected chi connectivity index (χ1v) is 4.27. The number of Topliss-reactive ketones (excluding diaryl/α,β-unsaturated/α-hetero) is 1. The number of carbonyl (C=O) groups excluding carboxylic acids is 1. The predicted octanol–water partition coefficient (Wildman–Crippen LogP) is 2.33. The van der Waals surface area contributed by atoms with Crippen LogP contribution in [0.1, 0.15) is 16.8 Å². The summed E-state index contributed by atoms with van der Waals surface area (Å²) >= 11 is 3.92. The minimum Gasteiger partial charge on any atom is -0.294 e. The summed E-state index contributed by atoms with van der Waals surface area (Å²) in [6, 6.07) is 5.69. The molecule has 0 aliphatic rings. The molecule has 0 fully saturated rings. The van der Waals surface area contributed by atoms with Crippen LogP contribution < -0.4 is 0 Å². The number of rotatable bonds is 3. The molecule has 0 bridgehead atoms. The maximum atomic E-state index is 12.6. The van der Waals surface area contributed by atoms with Crippen LogP contribution >= 0.6 is 12.6 Å². The van der Waals surface area contributed by atoms with Crippen LogP contribution in [0.3, 0.4) is 0 Å². The molecule has 0 saturated heterocycles. The van der Waals surface area contributed by atoms with Gasteiger partial charge in [-0.1, -0.05) is 12.1 Å². The Labute approximate surface area is 76.0 Å². The Kier molecular flexibility index (Phi) is 3.29. The molecule has 0 aliphatic carbocycles. The van der Waals surface area contributed by atoms with Crippen molar-refractivity contribution in [1.29, 1.82) is 0 Å². The molecule has 0 N–H and O–H groups in total. The van der Waals surface area contributed by atoms with Crippen molar-refractivity contribution in [1.82, 2.24) is 0 Å². The number of hydrogen-bond acceptors (Lipinski definition) is 2. The average molecular weight is 184 g/mol. The van der Waals surface area contributed by atoms with Gasteiger partial charge >= 0.3 is 0 Å². The molecule has 0 spiro atoms. The van der Waals surface area contributed by atoms with Crippen LogP contribution in [0, 0.1) is 5.82 Å². The van der Waals surface area contributed by atoms with Crippen molar-refractivity contribution < 1.29 is 9.18 Å². The Bertz CT molecular complexity index is 286. The summed E-state index contributed by atoms with van der Waals surface area (Å²) in [5.74, 6) is 0.0551. The number of thiol groups is 1. The van der Waals surface area contributed by atoms with Crippen molar-refractivity contribution in [2.45, 2.75) is 6.42 Å². The normalized spacial score (nSPS) is 9.83. The second kappa shape index (κ2) is 4.26. The smallest absolute Gasteiger partial charge is 0.163 e. The molecule has 0 unspecified atom stereocenters. The molecular formula is C9H9FOS. The lowest BCUT2D eigenvalue weighted by atomic mass is 10.1. The van der Waals surface area contributed by atoms with Crippen LogP contribution in [-0.4, -0.2) is 11.5 Å². The lowest BCUT2D eigenvalue weighted by Crippen LogP contribution is -1.99. The van der Waals surface area contributed by atoms with E-state index in [4.69, 9.17) is 0 Å². The topological polar surface area (TPSA) is 17.1 Å². The van der Waals surface area contributed by atoms with Gasteiger partial charge in [0, 0.05) is 12.0 Å². The molecule has 3 heteroatoms. The monoisotopic (exact) mass is 184 g/mol. The second-order valence-electron chi connectivity index (χ2n) is 2.41. The van der Waals surface area contributed by atoms with E-state index in [1.165, 1.54) is 18.2 Å². The fraction of sp³-hybridized carbons (Fsp3) is 0.222. The van der Waals surface area contributed by atoms with Crippen molar-refractivity contribution in [3.8, 4) is 0 Å². The largest absolute Gasteiger partial charge is 0.294 e. The van der Waals surface area contributed by atoms with E-state index in [0.29, 0.717) is 17.7 Å². The molecule has 12 heavy (non-hydrogen) atoms. The Morgan fingerprint density at radius 3 is 2.83 bits per heavy atom. The lowest BCUT2D eigenvalue weighted by molar-refractivity contribution is 0.0989. The minimum atomic E-state index is -0.375. The number of carbonyl (C=O) groups is 1. The summed E-state index contributed by atoms with van der Waals surface area (Å²) in [6.07, 6.45) is 0.354. The summed E-state index contributed by atoms with van der Waals surface area (Å²) in [5.41, 5.74) is 0.420. The van der Waals surface area contributed by atoms with Crippen molar-refractivity contribution >= 4 is 18.4 Å². The van der Waals surface area contributed by atoms with Gasteiger partial charge in [-0.3, -0.25) is 4.79 Å². The SMILES string of the molecule is O=C(CCS)c1cccc(F)c1. The van der Waals surface area contributed by atoms with E-state index < -0.39 is 0 Å². The molecule has 0 atom stereocenters.